The standard InChI is InChI=1S/C20H21N3O4/c1-11(2)21-14-5-3-12(4-6-14)19-15-9-18-17(26-10-27-18)8-13(15)7-16(20(24)25)22-23-19/h3-6,8-9,11,16,21-22H,7,10H2,1-2H3,(H,24,25). The Morgan fingerprint density at radius 3 is 2.59 bits per heavy atom. The normalized spacial score (nSPS) is 17.6. The SMILES string of the molecule is CC(C)Nc1ccc(C2=NNC(C(=O)O)Cc3cc4c(cc32)OCO4)cc1. The van der Waals surface area contributed by atoms with E-state index in [2.05, 4.69) is 29.7 Å². The minimum atomic E-state index is -0.944. The van der Waals surface area contributed by atoms with E-state index in [0.29, 0.717) is 29.7 Å². The average Bonchev–Trinajstić information content (AvgIpc) is 2.99. The summed E-state index contributed by atoms with van der Waals surface area (Å²) in [6, 6.07) is 11.2. The molecule has 0 spiro atoms. The highest BCUT2D eigenvalue weighted by Crippen LogP contribution is 2.37. The predicted molar refractivity (Wildman–Crippen MR) is 102 cm³/mol. The van der Waals surface area contributed by atoms with Crippen molar-refractivity contribution in [2.24, 2.45) is 5.10 Å². The number of hydrogen-bond donors (Lipinski definition) is 3. The molecule has 2 aliphatic heterocycles. The van der Waals surface area contributed by atoms with Crippen LogP contribution in [0.3, 0.4) is 0 Å². The predicted octanol–water partition coefficient (Wildman–Crippen LogP) is 2.59. The van der Waals surface area contributed by atoms with Gasteiger partial charge in [0, 0.05) is 29.3 Å². The Morgan fingerprint density at radius 1 is 1.22 bits per heavy atom. The molecule has 0 saturated carbocycles. The number of carboxylic acid groups (broad SMARTS) is 1. The zero-order valence-electron chi connectivity index (χ0n) is 15.2. The molecule has 0 radical (unpaired) electrons. The summed E-state index contributed by atoms with van der Waals surface area (Å²) in [4.78, 5) is 11.5. The van der Waals surface area contributed by atoms with Gasteiger partial charge in [-0.2, -0.15) is 5.10 Å². The van der Waals surface area contributed by atoms with E-state index < -0.39 is 12.0 Å². The van der Waals surface area contributed by atoms with Gasteiger partial charge in [-0.05, 0) is 43.7 Å². The molecule has 2 aromatic carbocycles. The van der Waals surface area contributed by atoms with E-state index in [1.807, 2.05) is 36.4 Å². The summed E-state index contributed by atoms with van der Waals surface area (Å²) in [5, 5.41) is 17.2. The maximum atomic E-state index is 11.5. The lowest BCUT2D eigenvalue weighted by atomic mass is 9.93. The van der Waals surface area contributed by atoms with Crippen molar-refractivity contribution in [3.63, 3.8) is 0 Å². The fraction of sp³-hybridized carbons (Fsp3) is 0.300. The number of carbonyl (C=O) groups is 1. The van der Waals surface area contributed by atoms with Crippen molar-refractivity contribution in [3.8, 4) is 11.5 Å². The van der Waals surface area contributed by atoms with Crippen molar-refractivity contribution >= 4 is 17.4 Å². The summed E-state index contributed by atoms with van der Waals surface area (Å²) in [6.45, 7) is 4.33. The van der Waals surface area contributed by atoms with Crippen LogP contribution in [0.25, 0.3) is 0 Å². The number of fused-ring (bicyclic) bond motifs is 2. The molecule has 140 valence electrons. The van der Waals surface area contributed by atoms with Gasteiger partial charge in [0.05, 0.1) is 5.71 Å². The van der Waals surface area contributed by atoms with Crippen LogP contribution in [0.2, 0.25) is 0 Å². The van der Waals surface area contributed by atoms with E-state index in [9.17, 15) is 9.90 Å². The molecule has 2 aliphatic rings. The lowest BCUT2D eigenvalue weighted by Crippen LogP contribution is -2.34. The smallest absolute Gasteiger partial charge is 0.328 e. The largest absolute Gasteiger partial charge is 0.480 e. The van der Waals surface area contributed by atoms with Gasteiger partial charge in [0.1, 0.15) is 6.04 Å². The number of anilines is 1. The van der Waals surface area contributed by atoms with Crippen LogP contribution >= 0.6 is 0 Å². The Morgan fingerprint density at radius 2 is 1.93 bits per heavy atom. The molecule has 0 aliphatic carbocycles. The highest BCUT2D eigenvalue weighted by molar-refractivity contribution is 6.14. The second-order valence-corrected chi connectivity index (χ2v) is 6.92. The highest BCUT2D eigenvalue weighted by atomic mass is 16.7. The lowest BCUT2D eigenvalue weighted by molar-refractivity contribution is -0.139. The molecule has 0 bridgehead atoms. The number of carboxylic acids is 1. The fourth-order valence-electron chi connectivity index (χ4n) is 3.26. The summed E-state index contributed by atoms with van der Waals surface area (Å²) in [5.74, 6) is 0.337. The lowest BCUT2D eigenvalue weighted by Gasteiger charge is -2.13. The summed E-state index contributed by atoms with van der Waals surface area (Å²) in [6.07, 6.45) is 0.307. The molecule has 0 amide bonds. The Balaban J connectivity index is 1.76. The summed E-state index contributed by atoms with van der Waals surface area (Å²) in [5.41, 5.74) is 7.09. The van der Waals surface area contributed by atoms with Gasteiger partial charge in [0.15, 0.2) is 11.5 Å². The molecule has 4 rings (SSSR count). The molecule has 7 heteroatoms. The Kier molecular flexibility index (Phi) is 4.35. The monoisotopic (exact) mass is 367 g/mol. The molecule has 27 heavy (non-hydrogen) atoms. The number of rotatable bonds is 4. The zero-order valence-corrected chi connectivity index (χ0v) is 15.2. The van der Waals surface area contributed by atoms with E-state index in [4.69, 9.17) is 9.47 Å². The Labute approximate surface area is 157 Å². The van der Waals surface area contributed by atoms with E-state index in [1.54, 1.807) is 0 Å². The van der Waals surface area contributed by atoms with E-state index in [1.165, 1.54) is 0 Å². The number of nitrogens with one attached hydrogen (secondary N) is 2. The Hall–Kier alpha value is -3.22. The maximum absolute atomic E-state index is 11.5. The molecule has 0 saturated heterocycles. The van der Waals surface area contributed by atoms with Crippen molar-refractivity contribution in [2.45, 2.75) is 32.4 Å². The first-order valence-corrected chi connectivity index (χ1v) is 8.87. The van der Waals surface area contributed by atoms with Gasteiger partial charge in [-0.25, -0.2) is 4.79 Å². The van der Waals surface area contributed by atoms with Crippen LogP contribution in [0.4, 0.5) is 5.69 Å². The van der Waals surface area contributed by atoms with Crippen LogP contribution in [-0.4, -0.2) is 35.7 Å². The van der Waals surface area contributed by atoms with Crippen LogP contribution in [-0.2, 0) is 11.2 Å². The van der Waals surface area contributed by atoms with Crippen molar-refractivity contribution in [1.29, 1.82) is 0 Å². The molecule has 3 N–H and O–H groups in total. The zero-order chi connectivity index (χ0) is 19.0. The molecule has 0 aromatic heterocycles. The summed E-state index contributed by atoms with van der Waals surface area (Å²) in [7, 11) is 0. The molecular weight excluding hydrogens is 346 g/mol. The minimum Gasteiger partial charge on any atom is -0.480 e. The number of hydrazone groups is 1. The Bertz CT molecular complexity index is 906. The highest BCUT2D eigenvalue weighted by Gasteiger charge is 2.27. The van der Waals surface area contributed by atoms with Crippen molar-refractivity contribution in [2.75, 3.05) is 12.1 Å². The number of nitrogens with zero attached hydrogens (tertiary/aromatic N) is 1. The molecule has 2 heterocycles. The van der Waals surface area contributed by atoms with Gasteiger partial charge in [0.2, 0.25) is 6.79 Å². The number of benzene rings is 2. The molecule has 1 atom stereocenters. The van der Waals surface area contributed by atoms with Crippen molar-refractivity contribution in [3.05, 3.63) is 53.1 Å². The molecular formula is C20H21N3O4. The first-order chi connectivity index (χ1) is 13.0. The van der Waals surface area contributed by atoms with Gasteiger partial charge in [-0.1, -0.05) is 12.1 Å². The number of ether oxygens (including phenoxy) is 2. The maximum Gasteiger partial charge on any atom is 0.328 e. The minimum absolute atomic E-state index is 0.168. The van der Waals surface area contributed by atoms with Crippen LogP contribution in [0.15, 0.2) is 41.5 Å². The van der Waals surface area contributed by atoms with Gasteiger partial charge < -0.3 is 19.9 Å². The third-order valence-corrected chi connectivity index (χ3v) is 4.52. The third kappa shape index (κ3) is 3.40. The second kappa shape index (κ2) is 6.83. The van der Waals surface area contributed by atoms with Crippen LogP contribution in [0.5, 0.6) is 11.5 Å². The van der Waals surface area contributed by atoms with E-state index in [0.717, 1.165) is 22.4 Å². The molecule has 2 aromatic rings. The van der Waals surface area contributed by atoms with E-state index >= 15 is 0 Å². The summed E-state index contributed by atoms with van der Waals surface area (Å²) < 4.78 is 11.0. The number of hydrogen-bond acceptors (Lipinski definition) is 6. The molecule has 0 fully saturated rings. The second-order valence-electron chi connectivity index (χ2n) is 6.92. The van der Waals surface area contributed by atoms with Crippen LogP contribution in [0, 0.1) is 0 Å². The molecule has 7 nitrogen and oxygen atoms in total. The van der Waals surface area contributed by atoms with Gasteiger partial charge in [0.25, 0.3) is 0 Å². The van der Waals surface area contributed by atoms with Crippen molar-refractivity contribution < 1.29 is 19.4 Å². The van der Waals surface area contributed by atoms with Crippen LogP contribution < -0.4 is 20.2 Å². The molecule has 1 unspecified atom stereocenters. The van der Waals surface area contributed by atoms with Crippen LogP contribution in [0.1, 0.15) is 30.5 Å². The quantitative estimate of drug-likeness (QED) is 0.769. The van der Waals surface area contributed by atoms with Gasteiger partial charge in [-0.3, -0.25) is 5.43 Å². The number of aliphatic carboxylic acids is 1. The van der Waals surface area contributed by atoms with Crippen molar-refractivity contribution in [1.82, 2.24) is 5.43 Å². The van der Waals surface area contributed by atoms with Gasteiger partial charge in [-0.15, -0.1) is 0 Å². The fourth-order valence-corrected chi connectivity index (χ4v) is 3.26. The summed E-state index contributed by atoms with van der Waals surface area (Å²) >= 11 is 0. The van der Waals surface area contributed by atoms with Gasteiger partial charge >= 0.3 is 5.97 Å². The first kappa shape index (κ1) is 17.2. The topological polar surface area (TPSA) is 92.2 Å². The average molecular weight is 367 g/mol. The van der Waals surface area contributed by atoms with E-state index in [-0.39, 0.29) is 6.79 Å². The first-order valence-electron chi connectivity index (χ1n) is 8.87. The third-order valence-electron chi connectivity index (χ3n) is 4.52.